The van der Waals surface area contributed by atoms with Gasteiger partial charge in [0.1, 0.15) is 0 Å². The number of likely N-dealkylation sites (N-methyl/N-ethyl adjacent to an activating group) is 1. The Hall–Kier alpha value is -0.610. The van der Waals surface area contributed by atoms with Gasteiger partial charge in [0, 0.05) is 33.1 Å². The molecule has 2 rings (SSSR count). The lowest BCUT2D eigenvalue weighted by Gasteiger charge is -2.47. The van der Waals surface area contributed by atoms with E-state index in [1.165, 1.54) is 6.42 Å². The smallest absolute Gasteiger partial charge is 0.236 e. The Kier molecular flexibility index (Phi) is 3.73. The van der Waals surface area contributed by atoms with E-state index in [-0.39, 0.29) is 5.91 Å². The normalized spacial score (nSPS) is 34.2. The molecule has 2 fully saturated rings. The van der Waals surface area contributed by atoms with Gasteiger partial charge in [0.15, 0.2) is 0 Å². The SMILES string of the molecule is CN(C)C(=O)CN1CCC2(O)CCCCC2C1. The minimum Gasteiger partial charge on any atom is -0.390 e. The van der Waals surface area contributed by atoms with Gasteiger partial charge >= 0.3 is 0 Å². The van der Waals surface area contributed by atoms with Crippen LogP contribution in [0.2, 0.25) is 0 Å². The quantitative estimate of drug-likeness (QED) is 0.773. The van der Waals surface area contributed by atoms with Crippen LogP contribution in [-0.4, -0.2) is 60.1 Å². The summed E-state index contributed by atoms with van der Waals surface area (Å²) in [5.41, 5.74) is -0.435. The summed E-state index contributed by atoms with van der Waals surface area (Å²) in [4.78, 5) is 15.5. The molecule has 2 aliphatic rings. The average molecular weight is 240 g/mol. The van der Waals surface area contributed by atoms with Crippen molar-refractivity contribution in [3.05, 3.63) is 0 Å². The van der Waals surface area contributed by atoms with Crippen molar-refractivity contribution in [2.45, 2.75) is 37.7 Å². The Bertz CT molecular complexity index is 293. The highest BCUT2D eigenvalue weighted by Gasteiger charge is 2.42. The van der Waals surface area contributed by atoms with E-state index < -0.39 is 5.60 Å². The Morgan fingerprint density at radius 3 is 2.88 bits per heavy atom. The second kappa shape index (κ2) is 4.94. The number of likely N-dealkylation sites (tertiary alicyclic amines) is 1. The van der Waals surface area contributed by atoms with Gasteiger partial charge in [-0.2, -0.15) is 0 Å². The molecule has 0 radical (unpaired) electrons. The van der Waals surface area contributed by atoms with Gasteiger partial charge in [0.2, 0.25) is 5.91 Å². The molecule has 0 aromatic rings. The number of carbonyl (C=O) groups excluding carboxylic acids is 1. The molecule has 0 aromatic carbocycles. The predicted octanol–water partition coefficient (Wildman–Crippen LogP) is 0.702. The zero-order valence-corrected chi connectivity index (χ0v) is 11.0. The zero-order valence-electron chi connectivity index (χ0n) is 11.0. The van der Waals surface area contributed by atoms with Gasteiger partial charge in [0.25, 0.3) is 0 Å². The number of piperidine rings is 1. The molecule has 0 aromatic heterocycles. The van der Waals surface area contributed by atoms with E-state index in [1.54, 1.807) is 19.0 Å². The Morgan fingerprint density at radius 1 is 1.41 bits per heavy atom. The van der Waals surface area contributed by atoms with Crippen LogP contribution in [0.1, 0.15) is 32.1 Å². The maximum Gasteiger partial charge on any atom is 0.236 e. The number of nitrogens with zero attached hydrogens (tertiary/aromatic N) is 2. The minimum absolute atomic E-state index is 0.159. The first kappa shape index (κ1) is 12.8. The lowest BCUT2D eigenvalue weighted by atomic mass is 9.71. The first-order valence-corrected chi connectivity index (χ1v) is 6.66. The third-order valence-corrected chi connectivity index (χ3v) is 4.37. The summed E-state index contributed by atoms with van der Waals surface area (Å²) in [6, 6.07) is 0. The number of rotatable bonds is 2. The Labute approximate surface area is 104 Å². The van der Waals surface area contributed by atoms with Crippen LogP contribution in [0.25, 0.3) is 0 Å². The van der Waals surface area contributed by atoms with Crippen molar-refractivity contribution in [1.29, 1.82) is 0 Å². The predicted molar refractivity (Wildman–Crippen MR) is 66.7 cm³/mol. The van der Waals surface area contributed by atoms with Crippen molar-refractivity contribution in [2.75, 3.05) is 33.7 Å². The molecule has 1 aliphatic carbocycles. The molecule has 0 spiro atoms. The molecule has 98 valence electrons. The maximum absolute atomic E-state index is 11.7. The third-order valence-electron chi connectivity index (χ3n) is 4.37. The van der Waals surface area contributed by atoms with E-state index in [0.717, 1.165) is 38.8 Å². The fourth-order valence-electron chi connectivity index (χ4n) is 3.12. The van der Waals surface area contributed by atoms with Crippen LogP contribution in [0.3, 0.4) is 0 Å². The Balaban J connectivity index is 1.91. The number of fused-ring (bicyclic) bond motifs is 1. The van der Waals surface area contributed by atoms with Gasteiger partial charge in [-0.15, -0.1) is 0 Å². The molecule has 17 heavy (non-hydrogen) atoms. The lowest BCUT2D eigenvalue weighted by Crippen LogP contribution is -2.54. The summed E-state index contributed by atoms with van der Waals surface area (Å²) in [6.45, 7) is 2.24. The summed E-state index contributed by atoms with van der Waals surface area (Å²) in [5.74, 6) is 0.534. The van der Waals surface area contributed by atoms with Gasteiger partial charge < -0.3 is 10.0 Å². The van der Waals surface area contributed by atoms with Crippen molar-refractivity contribution in [3.63, 3.8) is 0 Å². The van der Waals surface area contributed by atoms with Crippen molar-refractivity contribution in [3.8, 4) is 0 Å². The molecule has 1 heterocycles. The monoisotopic (exact) mass is 240 g/mol. The summed E-state index contributed by atoms with van der Waals surface area (Å²) in [6.07, 6.45) is 5.28. The molecule has 4 heteroatoms. The summed E-state index contributed by atoms with van der Waals surface area (Å²) in [5, 5.41) is 10.5. The fraction of sp³-hybridized carbons (Fsp3) is 0.923. The van der Waals surface area contributed by atoms with Gasteiger partial charge in [-0.25, -0.2) is 0 Å². The molecule has 1 N–H and O–H groups in total. The first-order valence-electron chi connectivity index (χ1n) is 6.66. The second-order valence-corrected chi connectivity index (χ2v) is 5.82. The van der Waals surface area contributed by atoms with Crippen molar-refractivity contribution < 1.29 is 9.90 Å². The van der Waals surface area contributed by atoms with Crippen molar-refractivity contribution >= 4 is 5.91 Å². The van der Waals surface area contributed by atoms with Gasteiger partial charge in [0.05, 0.1) is 12.1 Å². The van der Waals surface area contributed by atoms with Crippen LogP contribution in [0.4, 0.5) is 0 Å². The van der Waals surface area contributed by atoms with Crippen LogP contribution >= 0.6 is 0 Å². The number of amides is 1. The maximum atomic E-state index is 11.7. The number of aliphatic hydroxyl groups is 1. The van der Waals surface area contributed by atoms with Crippen LogP contribution in [0.15, 0.2) is 0 Å². The molecule has 4 nitrogen and oxygen atoms in total. The van der Waals surface area contributed by atoms with E-state index in [4.69, 9.17) is 0 Å². The number of hydrogen-bond donors (Lipinski definition) is 1. The fourth-order valence-corrected chi connectivity index (χ4v) is 3.12. The highest BCUT2D eigenvalue weighted by atomic mass is 16.3. The molecule has 1 aliphatic heterocycles. The highest BCUT2D eigenvalue weighted by molar-refractivity contribution is 5.77. The molecular weight excluding hydrogens is 216 g/mol. The number of carbonyl (C=O) groups is 1. The molecule has 1 saturated carbocycles. The van der Waals surface area contributed by atoms with E-state index in [1.807, 2.05) is 0 Å². The van der Waals surface area contributed by atoms with E-state index in [2.05, 4.69) is 4.90 Å². The molecule has 1 amide bonds. The van der Waals surface area contributed by atoms with Crippen LogP contribution in [0, 0.1) is 5.92 Å². The third kappa shape index (κ3) is 2.80. The first-order chi connectivity index (χ1) is 8.01. The Morgan fingerprint density at radius 2 is 2.18 bits per heavy atom. The topological polar surface area (TPSA) is 43.8 Å². The highest BCUT2D eigenvalue weighted by Crippen LogP contribution is 2.39. The lowest BCUT2D eigenvalue weighted by molar-refractivity contribution is -0.134. The molecular formula is C13H24N2O2. The van der Waals surface area contributed by atoms with Crippen LogP contribution in [-0.2, 0) is 4.79 Å². The summed E-state index contributed by atoms with van der Waals surface area (Å²) < 4.78 is 0. The largest absolute Gasteiger partial charge is 0.390 e. The van der Waals surface area contributed by atoms with Crippen LogP contribution < -0.4 is 0 Å². The van der Waals surface area contributed by atoms with Crippen molar-refractivity contribution in [1.82, 2.24) is 9.80 Å². The van der Waals surface area contributed by atoms with E-state index >= 15 is 0 Å². The van der Waals surface area contributed by atoms with E-state index in [0.29, 0.717) is 12.5 Å². The molecule has 0 bridgehead atoms. The molecule has 1 saturated heterocycles. The average Bonchev–Trinajstić information content (AvgIpc) is 2.29. The summed E-state index contributed by atoms with van der Waals surface area (Å²) in [7, 11) is 3.59. The standard InChI is InChI=1S/C13H24N2O2/c1-14(2)12(16)10-15-8-7-13(17)6-4-3-5-11(13)9-15/h11,17H,3-10H2,1-2H3. The second-order valence-electron chi connectivity index (χ2n) is 5.82. The summed E-state index contributed by atoms with van der Waals surface area (Å²) >= 11 is 0. The van der Waals surface area contributed by atoms with Gasteiger partial charge in [-0.3, -0.25) is 9.69 Å². The molecule has 2 unspecified atom stereocenters. The van der Waals surface area contributed by atoms with E-state index in [9.17, 15) is 9.90 Å². The van der Waals surface area contributed by atoms with Gasteiger partial charge in [-0.05, 0) is 19.3 Å². The van der Waals surface area contributed by atoms with Crippen LogP contribution in [0.5, 0.6) is 0 Å². The van der Waals surface area contributed by atoms with Gasteiger partial charge in [-0.1, -0.05) is 12.8 Å². The molecule has 2 atom stereocenters. The minimum atomic E-state index is -0.435. The zero-order chi connectivity index (χ0) is 12.5. The van der Waals surface area contributed by atoms with Crippen molar-refractivity contribution in [2.24, 2.45) is 5.92 Å². The number of hydrogen-bond acceptors (Lipinski definition) is 3.